The number of carbonyl (C=O) groups is 1. The molecule has 2 aromatic rings. The molecule has 0 saturated heterocycles. The zero-order valence-electron chi connectivity index (χ0n) is 16.5. The van der Waals surface area contributed by atoms with E-state index >= 15 is 0 Å². The molecule has 1 N–H and O–H groups in total. The van der Waals surface area contributed by atoms with Crippen molar-refractivity contribution in [3.8, 4) is 5.75 Å². The van der Waals surface area contributed by atoms with Crippen LogP contribution in [-0.4, -0.2) is 32.5 Å². The predicted octanol–water partition coefficient (Wildman–Crippen LogP) is 4.74. The number of benzene rings is 1. The molecule has 156 valence electrons. The Morgan fingerprint density at radius 1 is 1.24 bits per heavy atom. The Morgan fingerprint density at radius 2 is 1.97 bits per heavy atom. The van der Waals surface area contributed by atoms with Crippen molar-refractivity contribution in [3.05, 3.63) is 47.2 Å². The van der Waals surface area contributed by atoms with Crippen LogP contribution in [0.3, 0.4) is 0 Å². The number of nitrogens with zero attached hydrogens (tertiary/aromatic N) is 3. The first kappa shape index (κ1) is 21.9. The fourth-order valence-electron chi connectivity index (χ4n) is 3.35. The van der Waals surface area contributed by atoms with E-state index in [9.17, 15) is 4.79 Å². The van der Waals surface area contributed by atoms with Crippen LogP contribution in [0.4, 0.5) is 0 Å². The third-order valence-electron chi connectivity index (χ3n) is 4.84. The molecule has 8 heteroatoms. The van der Waals surface area contributed by atoms with Crippen molar-refractivity contribution in [1.82, 2.24) is 20.1 Å². The van der Waals surface area contributed by atoms with Gasteiger partial charge in [0.2, 0.25) is 5.91 Å². The van der Waals surface area contributed by atoms with Gasteiger partial charge in [-0.15, -0.1) is 16.8 Å². The first-order valence-electron chi connectivity index (χ1n) is 9.99. The minimum atomic E-state index is 0.0581. The largest absolute Gasteiger partial charge is 0.486 e. The summed E-state index contributed by atoms with van der Waals surface area (Å²) in [4.78, 5) is 12.4. The Kier molecular flexibility index (Phi) is 8.61. The van der Waals surface area contributed by atoms with Crippen molar-refractivity contribution >= 4 is 33.6 Å². The zero-order valence-corrected chi connectivity index (χ0v) is 18.9. The van der Waals surface area contributed by atoms with Gasteiger partial charge in [-0.1, -0.05) is 59.5 Å². The minimum absolute atomic E-state index is 0.0581. The van der Waals surface area contributed by atoms with Crippen molar-refractivity contribution in [1.29, 1.82) is 0 Å². The third-order valence-corrected chi connectivity index (χ3v) is 6.33. The van der Waals surface area contributed by atoms with Gasteiger partial charge in [0.15, 0.2) is 11.0 Å². The van der Waals surface area contributed by atoms with Crippen LogP contribution in [0.5, 0.6) is 5.75 Å². The molecule has 0 atom stereocenters. The van der Waals surface area contributed by atoms with Crippen molar-refractivity contribution in [2.75, 3.05) is 5.75 Å². The van der Waals surface area contributed by atoms with Gasteiger partial charge in [0.25, 0.3) is 0 Å². The van der Waals surface area contributed by atoms with Gasteiger partial charge in [-0.25, -0.2) is 0 Å². The van der Waals surface area contributed by atoms with E-state index in [1.165, 1.54) is 37.4 Å². The molecule has 0 unspecified atom stereocenters. The van der Waals surface area contributed by atoms with Crippen LogP contribution in [0.25, 0.3) is 0 Å². The molecule has 1 aromatic carbocycles. The maximum atomic E-state index is 12.4. The Balaban J connectivity index is 1.55. The Bertz CT molecular complexity index is 802. The van der Waals surface area contributed by atoms with Crippen molar-refractivity contribution in [3.63, 3.8) is 0 Å². The zero-order chi connectivity index (χ0) is 20.5. The van der Waals surface area contributed by atoms with Gasteiger partial charge in [-0.05, 0) is 37.1 Å². The van der Waals surface area contributed by atoms with Crippen LogP contribution >= 0.6 is 27.7 Å². The topological polar surface area (TPSA) is 69.0 Å². The maximum Gasteiger partial charge on any atom is 0.230 e. The molecule has 1 fully saturated rings. The monoisotopic (exact) mass is 478 g/mol. The molecule has 1 aromatic heterocycles. The van der Waals surface area contributed by atoms with E-state index in [0.29, 0.717) is 35.9 Å². The highest BCUT2D eigenvalue weighted by Gasteiger charge is 2.17. The second-order valence-corrected chi connectivity index (χ2v) is 8.94. The van der Waals surface area contributed by atoms with Gasteiger partial charge in [0, 0.05) is 17.1 Å². The van der Waals surface area contributed by atoms with Gasteiger partial charge < -0.3 is 10.1 Å². The van der Waals surface area contributed by atoms with E-state index in [-0.39, 0.29) is 5.91 Å². The predicted molar refractivity (Wildman–Crippen MR) is 119 cm³/mol. The first-order valence-corrected chi connectivity index (χ1v) is 11.8. The Hall–Kier alpha value is -1.80. The number of hydrogen-bond acceptors (Lipinski definition) is 5. The first-order chi connectivity index (χ1) is 14.2. The molecule has 1 heterocycles. The lowest BCUT2D eigenvalue weighted by molar-refractivity contribution is -0.119. The number of aromatic nitrogens is 3. The van der Waals surface area contributed by atoms with E-state index in [1.807, 2.05) is 28.8 Å². The number of rotatable bonds is 9. The summed E-state index contributed by atoms with van der Waals surface area (Å²) in [6.07, 6.45) is 8.91. The van der Waals surface area contributed by atoms with Crippen LogP contribution in [0.1, 0.15) is 44.3 Å². The second kappa shape index (κ2) is 11.4. The minimum Gasteiger partial charge on any atom is -0.486 e. The summed E-state index contributed by atoms with van der Waals surface area (Å²) in [5.74, 6) is 1.86. The Labute approximate surface area is 184 Å². The number of ether oxygens (including phenoxy) is 1. The van der Waals surface area contributed by atoms with Crippen LogP contribution in [-0.2, 0) is 17.9 Å². The molecule has 1 saturated carbocycles. The summed E-state index contributed by atoms with van der Waals surface area (Å²) in [7, 11) is 0. The van der Waals surface area contributed by atoms with E-state index in [4.69, 9.17) is 4.74 Å². The molecule has 3 rings (SSSR count). The number of carbonyl (C=O) groups excluding carboxylic acids is 1. The number of halogens is 1. The summed E-state index contributed by atoms with van der Waals surface area (Å²) < 4.78 is 8.76. The molecular weight excluding hydrogens is 452 g/mol. The number of nitrogens with one attached hydrogen (secondary N) is 1. The lowest BCUT2D eigenvalue weighted by atomic mass is 10.1. The molecule has 0 radical (unpaired) electrons. The fraction of sp³-hybridized carbons (Fsp3) is 0.476. The number of allylic oxidation sites excluding steroid dienone is 1. The van der Waals surface area contributed by atoms with Crippen LogP contribution in [0.2, 0.25) is 0 Å². The van der Waals surface area contributed by atoms with Crippen molar-refractivity contribution in [2.45, 2.75) is 62.9 Å². The normalized spacial score (nSPS) is 14.9. The van der Waals surface area contributed by atoms with E-state index in [1.54, 1.807) is 6.08 Å². The summed E-state index contributed by atoms with van der Waals surface area (Å²) in [6.45, 7) is 4.69. The number of thioether (sulfide) groups is 1. The average Bonchev–Trinajstić information content (AvgIpc) is 2.91. The van der Waals surface area contributed by atoms with Gasteiger partial charge in [-0.3, -0.25) is 9.36 Å². The van der Waals surface area contributed by atoms with Gasteiger partial charge in [0.1, 0.15) is 12.4 Å². The molecule has 0 spiro atoms. The SMILES string of the molecule is C=CCn1c(COc2ccc(Br)cc2)nnc1SCC(=O)NC1CCCCCC1. The van der Waals surface area contributed by atoms with Crippen LogP contribution < -0.4 is 10.1 Å². The smallest absolute Gasteiger partial charge is 0.230 e. The fourth-order valence-corrected chi connectivity index (χ4v) is 4.39. The molecular formula is C21H27BrN4O2S. The third kappa shape index (κ3) is 6.89. The highest BCUT2D eigenvalue weighted by molar-refractivity contribution is 9.10. The molecule has 1 aliphatic rings. The van der Waals surface area contributed by atoms with Crippen molar-refractivity contribution in [2.24, 2.45) is 0 Å². The van der Waals surface area contributed by atoms with E-state index in [0.717, 1.165) is 23.1 Å². The van der Waals surface area contributed by atoms with Crippen LogP contribution in [0.15, 0.2) is 46.5 Å². The summed E-state index contributed by atoms with van der Waals surface area (Å²) in [6, 6.07) is 7.96. The van der Waals surface area contributed by atoms with E-state index in [2.05, 4.69) is 38.0 Å². The van der Waals surface area contributed by atoms with Crippen molar-refractivity contribution < 1.29 is 9.53 Å². The maximum absolute atomic E-state index is 12.4. The second-order valence-electron chi connectivity index (χ2n) is 7.09. The highest BCUT2D eigenvalue weighted by Crippen LogP contribution is 2.21. The van der Waals surface area contributed by atoms with Gasteiger partial charge in [-0.2, -0.15) is 0 Å². The standard InChI is InChI=1S/C21H27BrN4O2S/c1-2-13-26-19(14-28-18-11-9-16(22)10-12-18)24-25-21(26)29-15-20(27)23-17-7-5-3-4-6-8-17/h2,9-12,17H,1,3-8,13-15H2,(H,23,27). The van der Waals surface area contributed by atoms with Gasteiger partial charge >= 0.3 is 0 Å². The molecule has 1 amide bonds. The molecule has 1 aliphatic carbocycles. The molecule has 0 aliphatic heterocycles. The summed E-state index contributed by atoms with van der Waals surface area (Å²) >= 11 is 4.81. The Morgan fingerprint density at radius 3 is 2.66 bits per heavy atom. The molecule has 0 bridgehead atoms. The average molecular weight is 479 g/mol. The lowest BCUT2D eigenvalue weighted by Gasteiger charge is -2.16. The quantitative estimate of drug-likeness (QED) is 0.320. The lowest BCUT2D eigenvalue weighted by Crippen LogP contribution is -2.35. The van der Waals surface area contributed by atoms with E-state index < -0.39 is 0 Å². The molecule has 29 heavy (non-hydrogen) atoms. The summed E-state index contributed by atoms with van der Waals surface area (Å²) in [5, 5.41) is 12.4. The number of hydrogen-bond donors (Lipinski definition) is 1. The summed E-state index contributed by atoms with van der Waals surface area (Å²) in [5.41, 5.74) is 0. The van der Waals surface area contributed by atoms with Gasteiger partial charge in [0.05, 0.1) is 5.75 Å². The molecule has 6 nitrogen and oxygen atoms in total. The van der Waals surface area contributed by atoms with Crippen LogP contribution in [0, 0.1) is 0 Å². The number of amides is 1. The highest BCUT2D eigenvalue weighted by atomic mass is 79.9.